The van der Waals surface area contributed by atoms with Gasteiger partial charge in [0.2, 0.25) is 0 Å². The predicted molar refractivity (Wildman–Crippen MR) is 164 cm³/mol. The molecule has 41 heavy (non-hydrogen) atoms. The van der Waals surface area contributed by atoms with Crippen LogP contribution in [0.2, 0.25) is 5.02 Å². The molecule has 0 aliphatic heterocycles. The number of nitrogens with zero attached hydrogens (tertiary/aromatic N) is 1. The SMILES string of the molecule is CC(C)(O)c1ccccc1CC[C@H](SCC1(C(=O)[O-])CC1)c1cccc(/C=C/c2ccc3ccc(Cl)cc3n2)c1.[Na+]. The minimum absolute atomic E-state index is 0. The molecule has 0 saturated heterocycles. The Labute approximate surface area is 273 Å². The van der Waals surface area contributed by atoms with Crippen LogP contribution in [0.5, 0.6) is 0 Å². The third kappa shape index (κ3) is 8.04. The van der Waals surface area contributed by atoms with Gasteiger partial charge >= 0.3 is 29.6 Å². The molecule has 1 fully saturated rings. The van der Waals surface area contributed by atoms with Crippen molar-refractivity contribution in [1.29, 1.82) is 0 Å². The Morgan fingerprint density at radius 2 is 1.83 bits per heavy atom. The second-order valence-electron chi connectivity index (χ2n) is 11.2. The van der Waals surface area contributed by atoms with Gasteiger partial charge in [-0.2, -0.15) is 11.8 Å². The average molecular weight is 594 g/mol. The second-order valence-corrected chi connectivity index (χ2v) is 12.8. The molecule has 1 heterocycles. The Morgan fingerprint density at radius 1 is 1.07 bits per heavy atom. The molecule has 1 atom stereocenters. The van der Waals surface area contributed by atoms with Crippen LogP contribution >= 0.6 is 23.4 Å². The smallest absolute Gasteiger partial charge is 0.550 e. The summed E-state index contributed by atoms with van der Waals surface area (Å²) in [6.45, 7) is 3.62. The Hall–Kier alpha value is -2.12. The monoisotopic (exact) mass is 593 g/mol. The number of carboxylic acids is 1. The molecule has 1 saturated carbocycles. The molecule has 206 valence electrons. The van der Waals surface area contributed by atoms with E-state index in [1.54, 1.807) is 11.8 Å². The van der Waals surface area contributed by atoms with E-state index in [1.807, 2.05) is 74.5 Å². The van der Waals surface area contributed by atoms with E-state index in [2.05, 4.69) is 30.3 Å². The summed E-state index contributed by atoms with van der Waals surface area (Å²) in [5.74, 6) is -0.400. The van der Waals surface area contributed by atoms with Crippen LogP contribution in [0, 0.1) is 5.41 Å². The maximum Gasteiger partial charge on any atom is 1.00 e. The van der Waals surface area contributed by atoms with Crippen molar-refractivity contribution in [3.63, 3.8) is 0 Å². The van der Waals surface area contributed by atoms with E-state index in [4.69, 9.17) is 16.6 Å². The number of fused-ring (bicyclic) bond motifs is 1. The normalized spacial score (nSPS) is 15.0. The van der Waals surface area contributed by atoms with Crippen LogP contribution in [0.25, 0.3) is 23.1 Å². The van der Waals surface area contributed by atoms with Gasteiger partial charge in [-0.3, -0.25) is 0 Å². The Bertz CT molecular complexity index is 1560. The Morgan fingerprint density at radius 3 is 2.56 bits per heavy atom. The number of hydrogen-bond acceptors (Lipinski definition) is 5. The molecular formula is C34H33ClNNaO3S. The Balaban J connectivity index is 0.00000387. The Kier molecular flexibility index (Phi) is 10.4. The molecule has 0 spiro atoms. The van der Waals surface area contributed by atoms with Crippen LogP contribution < -0.4 is 34.7 Å². The first-order chi connectivity index (χ1) is 19.1. The molecule has 4 aromatic rings. The number of carbonyl (C=O) groups is 1. The third-order valence-corrected chi connectivity index (χ3v) is 9.47. The minimum atomic E-state index is -0.938. The maximum absolute atomic E-state index is 11.8. The largest absolute Gasteiger partial charge is 1.00 e. The average Bonchev–Trinajstić information content (AvgIpc) is 3.73. The number of thioether (sulfide) groups is 1. The van der Waals surface area contributed by atoms with Crippen LogP contribution in [-0.2, 0) is 16.8 Å². The summed E-state index contributed by atoms with van der Waals surface area (Å²) < 4.78 is 0. The number of carbonyl (C=O) groups excluding carboxylic acids is 1. The van der Waals surface area contributed by atoms with E-state index in [0.717, 1.165) is 51.7 Å². The first kappa shape index (κ1) is 31.8. The van der Waals surface area contributed by atoms with Gasteiger partial charge in [0.1, 0.15) is 0 Å². The van der Waals surface area contributed by atoms with E-state index in [-0.39, 0.29) is 34.8 Å². The van der Waals surface area contributed by atoms with Gasteiger partial charge < -0.3 is 15.0 Å². The summed E-state index contributed by atoms with van der Waals surface area (Å²) in [6.07, 6.45) is 7.01. The summed E-state index contributed by atoms with van der Waals surface area (Å²) in [6, 6.07) is 26.1. The molecule has 5 rings (SSSR count). The zero-order chi connectivity index (χ0) is 28.3. The first-order valence-corrected chi connectivity index (χ1v) is 15.0. The van der Waals surface area contributed by atoms with Crippen molar-refractivity contribution in [1.82, 2.24) is 4.98 Å². The number of carboxylic acid groups (broad SMARTS) is 1. The van der Waals surface area contributed by atoms with Crippen molar-refractivity contribution in [3.8, 4) is 0 Å². The van der Waals surface area contributed by atoms with Crippen LogP contribution in [0.4, 0.5) is 0 Å². The fourth-order valence-electron chi connectivity index (χ4n) is 5.03. The third-order valence-electron chi connectivity index (χ3n) is 7.60. The first-order valence-electron chi connectivity index (χ1n) is 13.6. The van der Waals surface area contributed by atoms with Crippen molar-refractivity contribution >= 4 is 52.4 Å². The number of rotatable bonds is 11. The summed E-state index contributed by atoms with van der Waals surface area (Å²) >= 11 is 7.85. The predicted octanol–water partition coefficient (Wildman–Crippen LogP) is 4.23. The van der Waals surface area contributed by atoms with Gasteiger partial charge in [0.15, 0.2) is 0 Å². The molecule has 0 radical (unpaired) electrons. The molecule has 0 amide bonds. The van der Waals surface area contributed by atoms with Crippen molar-refractivity contribution in [2.45, 2.75) is 50.4 Å². The number of aryl methyl sites for hydroxylation is 1. The summed E-state index contributed by atoms with van der Waals surface area (Å²) in [4.78, 5) is 16.5. The molecule has 1 aliphatic carbocycles. The van der Waals surface area contributed by atoms with Gasteiger partial charge in [-0.05, 0) is 86.1 Å². The summed E-state index contributed by atoms with van der Waals surface area (Å²) in [5, 5.41) is 24.3. The fraction of sp³-hybridized carbons (Fsp3) is 0.294. The molecule has 1 aliphatic rings. The molecule has 1 N–H and O–H groups in total. The number of benzene rings is 3. The topological polar surface area (TPSA) is 73.2 Å². The zero-order valence-electron chi connectivity index (χ0n) is 23.8. The fourth-order valence-corrected chi connectivity index (χ4v) is 6.75. The van der Waals surface area contributed by atoms with Gasteiger partial charge in [-0.1, -0.05) is 78.3 Å². The van der Waals surface area contributed by atoms with Gasteiger partial charge in [0.05, 0.1) is 16.8 Å². The van der Waals surface area contributed by atoms with E-state index >= 15 is 0 Å². The van der Waals surface area contributed by atoms with Gasteiger partial charge in [0.25, 0.3) is 0 Å². The van der Waals surface area contributed by atoms with Crippen molar-refractivity contribution in [2.24, 2.45) is 5.41 Å². The van der Waals surface area contributed by atoms with E-state index in [0.29, 0.717) is 23.6 Å². The molecule has 7 heteroatoms. The van der Waals surface area contributed by atoms with Crippen LogP contribution in [0.15, 0.2) is 78.9 Å². The standard InChI is InChI=1S/C34H34ClNO3S.Na/c1-33(2,39)29-9-4-3-7-24(29)13-17-31(40-22-34(18-19-34)32(37)38)26-8-5-6-23(20-26)10-15-28-16-12-25-11-14-27(35)21-30(25)36-28;/h3-12,14-16,20-21,31,39H,13,17-19,22H2,1-2H3,(H,37,38);/q;+1/p-1/b15-10+;/t31-;/m0./s1. The quantitative estimate of drug-likeness (QED) is 0.264. The number of aliphatic hydroxyl groups is 1. The van der Waals surface area contributed by atoms with Crippen LogP contribution in [0.1, 0.15) is 66.3 Å². The van der Waals surface area contributed by atoms with Crippen LogP contribution in [0.3, 0.4) is 0 Å². The minimum Gasteiger partial charge on any atom is -0.550 e. The van der Waals surface area contributed by atoms with Crippen molar-refractivity contribution < 1.29 is 44.6 Å². The molecular weight excluding hydrogens is 561 g/mol. The molecule has 1 aromatic heterocycles. The zero-order valence-corrected chi connectivity index (χ0v) is 27.3. The number of hydrogen-bond donors (Lipinski definition) is 1. The van der Waals surface area contributed by atoms with E-state index in [9.17, 15) is 15.0 Å². The summed E-state index contributed by atoms with van der Waals surface area (Å²) in [7, 11) is 0. The molecule has 4 nitrogen and oxygen atoms in total. The number of aliphatic carboxylic acids is 1. The van der Waals surface area contributed by atoms with Gasteiger partial charge in [-0.25, -0.2) is 4.98 Å². The van der Waals surface area contributed by atoms with Crippen molar-refractivity contribution in [2.75, 3.05) is 5.75 Å². The number of aromatic nitrogens is 1. The van der Waals surface area contributed by atoms with E-state index < -0.39 is 17.0 Å². The molecule has 0 unspecified atom stereocenters. The van der Waals surface area contributed by atoms with Gasteiger partial charge in [-0.15, -0.1) is 0 Å². The number of pyridine rings is 1. The van der Waals surface area contributed by atoms with Gasteiger partial charge in [0, 0.05) is 32.8 Å². The van der Waals surface area contributed by atoms with E-state index in [1.165, 1.54) is 0 Å². The maximum atomic E-state index is 11.8. The molecule has 3 aromatic carbocycles. The second kappa shape index (κ2) is 13.5. The number of halogens is 1. The van der Waals surface area contributed by atoms with Crippen LogP contribution in [-0.4, -0.2) is 21.8 Å². The summed E-state index contributed by atoms with van der Waals surface area (Å²) in [5.41, 5.74) is 4.31. The molecule has 0 bridgehead atoms. The van der Waals surface area contributed by atoms with Crippen molar-refractivity contribution in [3.05, 3.63) is 112 Å².